The number of morpholine rings is 1. The molecule has 2 aliphatic rings. The van der Waals surface area contributed by atoms with Gasteiger partial charge in [-0.25, -0.2) is 0 Å². The van der Waals surface area contributed by atoms with E-state index in [1.807, 2.05) is 11.9 Å². The summed E-state index contributed by atoms with van der Waals surface area (Å²) in [6.45, 7) is -1.65. The third kappa shape index (κ3) is 5.44. The Hall–Kier alpha value is -2.30. The van der Waals surface area contributed by atoms with Crippen LogP contribution in [0.1, 0.15) is 19.3 Å². The van der Waals surface area contributed by atoms with Crippen molar-refractivity contribution in [3.05, 3.63) is 18.2 Å². The van der Waals surface area contributed by atoms with Crippen LogP contribution in [0.4, 0.5) is 20.2 Å². The van der Waals surface area contributed by atoms with E-state index in [0.29, 0.717) is 24.8 Å². The number of carbonyl (C=O) groups excluding carboxylic acids is 2. The van der Waals surface area contributed by atoms with Gasteiger partial charge >= 0.3 is 6.61 Å². The zero-order chi connectivity index (χ0) is 21.7. The van der Waals surface area contributed by atoms with E-state index in [9.17, 15) is 18.4 Å². The van der Waals surface area contributed by atoms with Crippen molar-refractivity contribution in [3.8, 4) is 5.75 Å². The van der Waals surface area contributed by atoms with Gasteiger partial charge in [-0.05, 0) is 37.9 Å². The van der Waals surface area contributed by atoms with E-state index in [2.05, 4.69) is 10.1 Å². The Morgan fingerprint density at radius 3 is 2.80 bits per heavy atom. The lowest BCUT2D eigenvalue weighted by molar-refractivity contribution is -0.125. The molecular formula is C20H28F2N4O4. The molecule has 1 aliphatic carbocycles. The number of carbonyl (C=O) groups is 2. The van der Waals surface area contributed by atoms with E-state index < -0.39 is 18.6 Å². The van der Waals surface area contributed by atoms with Crippen LogP contribution >= 0.6 is 0 Å². The van der Waals surface area contributed by atoms with Gasteiger partial charge in [0.1, 0.15) is 12.6 Å². The molecular weight excluding hydrogens is 398 g/mol. The molecule has 166 valence electrons. The van der Waals surface area contributed by atoms with Crippen LogP contribution in [0.5, 0.6) is 5.75 Å². The number of halogens is 2. The minimum atomic E-state index is -3.08. The number of nitrogens with two attached hydrogens (primary N) is 1. The Bertz CT molecular complexity index is 760. The summed E-state index contributed by atoms with van der Waals surface area (Å²) in [5, 5.41) is 2.65. The summed E-state index contributed by atoms with van der Waals surface area (Å²) < 4.78 is 35.6. The van der Waals surface area contributed by atoms with Gasteiger partial charge in [-0.3, -0.25) is 14.5 Å². The van der Waals surface area contributed by atoms with Crippen molar-refractivity contribution < 1.29 is 27.8 Å². The van der Waals surface area contributed by atoms with Gasteiger partial charge in [-0.2, -0.15) is 8.78 Å². The molecule has 0 spiro atoms. The van der Waals surface area contributed by atoms with Gasteiger partial charge in [0.05, 0.1) is 12.3 Å². The highest BCUT2D eigenvalue weighted by Crippen LogP contribution is 2.32. The molecule has 0 radical (unpaired) electrons. The molecule has 0 aromatic heterocycles. The normalized spacial score (nSPS) is 18.5. The lowest BCUT2D eigenvalue weighted by Gasteiger charge is -2.33. The van der Waals surface area contributed by atoms with E-state index >= 15 is 0 Å². The Balaban J connectivity index is 1.75. The number of hydrogen-bond donors (Lipinski definition) is 2. The fourth-order valence-corrected chi connectivity index (χ4v) is 3.68. The van der Waals surface area contributed by atoms with E-state index in [-0.39, 0.29) is 30.5 Å². The van der Waals surface area contributed by atoms with Crippen LogP contribution in [0.15, 0.2) is 18.2 Å². The minimum absolute atomic E-state index is 0.0744. The highest BCUT2D eigenvalue weighted by Gasteiger charge is 2.28. The van der Waals surface area contributed by atoms with Crippen molar-refractivity contribution in [2.75, 3.05) is 50.1 Å². The molecule has 1 heterocycles. The van der Waals surface area contributed by atoms with Crippen molar-refractivity contribution >= 4 is 23.2 Å². The Kier molecular flexibility index (Phi) is 7.57. The fourth-order valence-electron chi connectivity index (χ4n) is 3.68. The van der Waals surface area contributed by atoms with E-state index in [0.717, 1.165) is 19.4 Å². The Morgan fingerprint density at radius 2 is 2.20 bits per heavy atom. The highest BCUT2D eigenvalue weighted by atomic mass is 19.3. The molecule has 2 amide bonds. The van der Waals surface area contributed by atoms with Gasteiger partial charge in [0, 0.05) is 31.4 Å². The second kappa shape index (κ2) is 10.1. The minimum Gasteiger partial charge on any atom is -0.433 e. The molecule has 1 atom stereocenters. The molecule has 10 heteroatoms. The molecule has 0 bridgehead atoms. The van der Waals surface area contributed by atoms with Gasteiger partial charge in [-0.15, -0.1) is 0 Å². The number of alkyl halides is 2. The predicted octanol–water partition coefficient (Wildman–Crippen LogP) is 1.65. The summed E-state index contributed by atoms with van der Waals surface area (Å²) in [5.74, 6) is -0.331. The van der Waals surface area contributed by atoms with E-state index in [1.165, 1.54) is 23.5 Å². The molecule has 3 rings (SSSR count). The van der Waals surface area contributed by atoms with Gasteiger partial charge in [0.2, 0.25) is 5.91 Å². The number of nitrogens with zero attached hydrogens (tertiary/aromatic N) is 2. The first-order valence-corrected chi connectivity index (χ1v) is 10.1. The Labute approximate surface area is 174 Å². The third-order valence-electron chi connectivity index (χ3n) is 5.57. The van der Waals surface area contributed by atoms with Crippen LogP contribution in [-0.2, 0) is 14.3 Å². The summed E-state index contributed by atoms with van der Waals surface area (Å²) in [4.78, 5) is 28.2. The van der Waals surface area contributed by atoms with Crippen molar-refractivity contribution in [2.24, 2.45) is 11.7 Å². The topological polar surface area (TPSA) is 97.1 Å². The smallest absolute Gasteiger partial charge is 0.387 e. The average Bonchev–Trinajstić information content (AvgIpc) is 2.67. The largest absolute Gasteiger partial charge is 0.433 e. The molecule has 1 aromatic carbocycles. The summed E-state index contributed by atoms with van der Waals surface area (Å²) in [5.41, 5.74) is 6.30. The maximum Gasteiger partial charge on any atom is 0.387 e. The number of ether oxygens (including phenoxy) is 2. The monoisotopic (exact) mass is 426 g/mol. The molecule has 1 saturated heterocycles. The highest BCUT2D eigenvalue weighted by molar-refractivity contribution is 5.98. The van der Waals surface area contributed by atoms with Crippen molar-refractivity contribution in [3.63, 3.8) is 0 Å². The number of nitrogens with one attached hydrogen (secondary N) is 1. The number of likely N-dealkylation sites (N-methyl/N-ethyl adjacent to an activating group) is 1. The van der Waals surface area contributed by atoms with Crippen LogP contribution in [-0.4, -0.2) is 69.3 Å². The summed E-state index contributed by atoms with van der Waals surface area (Å²) in [6, 6.07) is 3.76. The molecule has 1 aliphatic heterocycles. The summed E-state index contributed by atoms with van der Waals surface area (Å²) in [7, 11) is 1.83. The first-order chi connectivity index (χ1) is 14.4. The van der Waals surface area contributed by atoms with Crippen LogP contribution < -0.4 is 20.7 Å². The molecule has 30 heavy (non-hydrogen) atoms. The van der Waals surface area contributed by atoms with Crippen molar-refractivity contribution in [1.82, 2.24) is 4.90 Å². The Morgan fingerprint density at radius 1 is 1.43 bits per heavy atom. The van der Waals surface area contributed by atoms with Crippen LogP contribution in [0.3, 0.4) is 0 Å². The van der Waals surface area contributed by atoms with Crippen molar-refractivity contribution in [1.29, 1.82) is 0 Å². The van der Waals surface area contributed by atoms with Gasteiger partial charge in [0.25, 0.3) is 5.91 Å². The van der Waals surface area contributed by atoms with Crippen LogP contribution in [0.25, 0.3) is 0 Å². The molecule has 0 unspecified atom stereocenters. The fraction of sp³-hybridized carbons (Fsp3) is 0.600. The predicted molar refractivity (Wildman–Crippen MR) is 108 cm³/mol. The molecule has 1 saturated carbocycles. The lowest BCUT2D eigenvalue weighted by atomic mass is 9.85. The molecule has 1 aromatic rings. The summed E-state index contributed by atoms with van der Waals surface area (Å²) >= 11 is 0. The number of anilines is 2. The number of hydrogen-bond acceptors (Lipinski definition) is 6. The van der Waals surface area contributed by atoms with Gasteiger partial charge in [0.15, 0.2) is 5.75 Å². The van der Waals surface area contributed by atoms with Crippen LogP contribution in [0, 0.1) is 5.92 Å². The number of benzene rings is 1. The molecule has 3 N–H and O–H groups in total. The maximum atomic E-state index is 13.0. The molecule has 2 fully saturated rings. The van der Waals surface area contributed by atoms with Gasteiger partial charge in [-0.1, -0.05) is 6.42 Å². The number of amides is 2. The average molecular weight is 426 g/mol. The second-order valence-corrected chi connectivity index (χ2v) is 7.63. The standard InChI is InChI=1S/C20H28F2N4O4/c1-25(11-13-3-2-4-13)16(10-23)19(28)24-15-6-5-14(9-17(15)30-20(21)22)26-7-8-29-12-18(26)27/h5-6,9,13,16,20H,2-4,7-8,10-12,23H2,1H3,(H,24,28)/t16-/m1/s1. The first kappa shape index (κ1) is 22.4. The molecule has 8 nitrogen and oxygen atoms in total. The second-order valence-electron chi connectivity index (χ2n) is 7.63. The zero-order valence-electron chi connectivity index (χ0n) is 17.0. The quantitative estimate of drug-likeness (QED) is 0.623. The van der Waals surface area contributed by atoms with Crippen molar-refractivity contribution in [2.45, 2.75) is 31.9 Å². The third-order valence-corrected chi connectivity index (χ3v) is 5.57. The lowest BCUT2D eigenvalue weighted by Crippen LogP contribution is -2.49. The SMILES string of the molecule is CN(CC1CCC1)[C@H](CN)C(=O)Nc1ccc(N2CCOCC2=O)cc1OC(F)F. The number of rotatable bonds is 9. The maximum absolute atomic E-state index is 13.0. The van der Waals surface area contributed by atoms with E-state index in [4.69, 9.17) is 10.5 Å². The van der Waals surface area contributed by atoms with E-state index in [1.54, 1.807) is 6.07 Å². The zero-order valence-corrected chi connectivity index (χ0v) is 17.0. The van der Waals surface area contributed by atoms with Gasteiger partial charge < -0.3 is 25.4 Å². The summed E-state index contributed by atoms with van der Waals surface area (Å²) in [6.07, 6.45) is 3.47. The van der Waals surface area contributed by atoms with Crippen LogP contribution in [0.2, 0.25) is 0 Å². The first-order valence-electron chi connectivity index (χ1n) is 10.1.